The highest BCUT2D eigenvalue weighted by molar-refractivity contribution is 7.99. The van der Waals surface area contributed by atoms with E-state index < -0.39 is 6.04 Å². The molecule has 1 aliphatic heterocycles. The minimum Gasteiger partial charge on any atom is -0.323 e. The maximum Gasteiger partial charge on any atom is 0.255 e. The molecular weight excluding hydrogens is 354 g/mol. The number of rotatable bonds is 5. The third kappa shape index (κ3) is 4.35. The number of pyridine rings is 1. The molecule has 2 aromatic rings. The van der Waals surface area contributed by atoms with Crippen LogP contribution in [0.25, 0.3) is 0 Å². The summed E-state index contributed by atoms with van der Waals surface area (Å²) in [4.78, 5) is 31.2. The Kier molecular flexibility index (Phi) is 5.99. The number of hydrogen-bond acceptors (Lipinski definition) is 5. The van der Waals surface area contributed by atoms with Crippen LogP contribution < -0.4 is 5.32 Å². The average molecular weight is 374 g/mol. The van der Waals surface area contributed by atoms with E-state index in [0.29, 0.717) is 22.9 Å². The van der Waals surface area contributed by atoms with E-state index in [2.05, 4.69) is 17.2 Å². The van der Waals surface area contributed by atoms with Crippen molar-refractivity contribution >= 4 is 41.0 Å². The number of carbonyl (C=O) groups is 2. The van der Waals surface area contributed by atoms with Gasteiger partial charge in [0, 0.05) is 11.3 Å². The van der Waals surface area contributed by atoms with E-state index in [4.69, 9.17) is 0 Å². The first-order chi connectivity index (χ1) is 12.2. The SMILES string of the molecule is CCSc1ccc(NC(=O)[C@@H]2CSCN2C(=O)c2ccccc2)cn1. The molecule has 5 nitrogen and oxygen atoms in total. The van der Waals surface area contributed by atoms with Gasteiger partial charge in [-0.15, -0.1) is 23.5 Å². The maximum atomic E-state index is 12.6. The zero-order valence-corrected chi connectivity index (χ0v) is 15.5. The molecule has 1 fully saturated rings. The van der Waals surface area contributed by atoms with Crippen molar-refractivity contribution in [2.24, 2.45) is 0 Å². The second kappa shape index (κ2) is 8.40. The second-order valence-corrected chi connectivity index (χ2v) is 7.75. The van der Waals surface area contributed by atoms with Gasteiger partial charge >= 0.3 is 0 Å². The van der Waals surface area contributed by atoms with Crippen molar-refractivity contribution in [3.05, 3.63) is 54.2 Å². The number of benzene rings is 1. The minimum atomic E-state index is -0.470. The minimum absolute atomic E-state index is 0.112. The van der Waals surface area contributed by atoms with Crippen molar-refractivity contribution in [3.63, 3.8) is 0 Å². The summed E-state index contributed by atoms with van der Waals surface area (Å²) in [5.74, 6) is 1.79. The summed E-state index contributed by atoms with van der Waals surface area (Å²) >= 11 is 3.24. The van der Waals surface area contributed by atoms with Crippen molar-refractivity contribution in [2.75, 3.05) is 22.7 Å². The Hall–Kier alpha value is -1.99. The van der Waals surface area contributed by atoms with Crippen molar-refractivity contribution < 1.29 is 9.59 Å². The zero-order chi connectivity index (χ0) is 17.6. The van der Waals surface area contributed by atoms with Crippen LogP contribution in [0.3, 0.4) is 0 Å². The van der Waals surface area contributed by atoms with E-state index in [1.54, 1.807) is 46.8 Å². The van der Waals surface area contributed by atoms with Crippen LogP contribution in [0.5, 0.6) is 0 Å². The Morgan fingerprint density at radius 3 is 2.76 bits per heavy atom. The molecule has 0 bridgehead atoms. The van der Waals surface area contributed by atoms with Gasteiger partial charge in [-0.2, -0.15) is 0 Å². The summed E-state index contributed by atoms with van der Waals surface area (Å²) in [5, 5.41) is 3.80. The molecule has 1 aliphatic rings. The molecule has 1 aromatic carbocycles. The lowest BCUT2D eigenvalue weighted by Crippen LogP contribution is -2.44. The fourth-order valence-corrected chi connectivity index (χ4v) is 4.26. The average Bonchev–Trinajstić information content (AvgIpc) is 3.13. The molecule has 0 unspecified atom stereocenters. The van der Waals surface area contributed by atoms with Crippen LogP contribution in [0, 0.1) is 0 Å². The third-order valence-electron chi connectivity index (χ3n) is 3.76. The highest BCUT2D eigenvalue weighted by Crippen LogP contribution is 2.24. The number of amides is 2. The molecule has 1 aromatic heterocycles. The van der Waals surface area contributed by atoms with E-state index in [1.165, 1.54) is 0 Å². The fraction of sp³-hybridized carbons (Fsp3) is 0.278. The summed E-state index contributed by atoms with van der Waals surface area (Å²) in [6, 6.07) is 12.3. The Labute approximate surface area is 155 Å². The Morgan fingerprint density at radius 1 is 1.28 bits per heavy atom. The van der Waals surface area contributed by atoms with Crippen molar-refractivity contribution in [2.45, 2.75) is 18.0 Å². The Morgan fingerprint density at radius 2 is 2.08 bits per heavy atom. The predicted molar refractivity (Wildman–Crippen MR) is 103 cm³/mol. The molecular formula is C18H19N3O2S2. The number of thioether (sulfide) groups is 2. The highest BCUT2D eigenvalue weighted by atomic mass is 32.2. The first-order valence-corrected chi connectivity index (χ1v) is 10.2. The summed E-state index contributed by atoms with van der Waals surface area (Å²) < 4.78 is 0. The lowest BCUT2D eigenvalue weighted by molar-refractivity contribution is -0.119. The molecule has 7 heteroatoms. The summed E-state index contributed by atoms with van der Waals surface area (Å²) in [6.07, 6.45) is 1.65. The van der Waals surface area contributed by atoms with Crippen LogP contribution in [0.1, 0.15) is 17.3 Å². The van der Waals surface area contributed by atoms with E-state index in [9.17, 15) is 9.59 Å². The van der Waals surface area contributed by atoms with Gasteiger partial charge in [-0.1, -0.05) is 25.1 Å². The van der Waals surface area contributed by atoms with Gasteiger partial charge in [0.1, 0.15) is 6.04 Å². The first kappa shape index (κ1) is 17.8. The number of anilines is 1. The predicted octanol–water partition coefficient (Wildman–Crippen LogP) is 3.35. The monoisotopic (exact) mass is 373 g/mol. The van der Waals surface area contributed by atoms with Crippen LogP contribution in [0.2, 0.25) is 0 Å². The number of aromatic nitrogens is 1. The normalized spacial score (nSPS) is 16.7. The molecule has 2 heterocycles. The van der Waals surface area contributed by atoms with Gasteiger partial charge in [0.2, 0.25) is 5.91 Å². The summed E-state index contributed by atoms with van der Waals surface area (Å²) in [7, 11) is 0. The molecule has 130 valence electrons. The quantitative estimate of drug-likeness (QED) is 0.815. The van der Waals surface area contributed by atoms with Gasteiger partial charge in [-0.05, 0) is 30.0 Å². The topological polar surface area (TPSA) is 62.3 Å². The number of nitrogens with one attached hydrogen (secondary N) is 1. The standard InChI is InChI=1S/C18H19N3O2S2/c1-2-25-16-9-8-14(10-19-16)20-17(22)15-11-24-12-21(15)18(23)13-6-4-3-5-7-13/h3-10,15H,2,11-12H2,1H3,(H,20,22)/t15-/m0/s1. The summed E-state index contributed by atoms with van der Waals surface area (Å²) in [6.45, 7) is 2.07. The largest absolute Gasteiger partial charge is 0.323 e. The zero-order valence-electron chi connectivity index (χ0n) is 13.8. The lowest BCUT2D eigenvalue weighted by Gasteiger charge is -2.23. The molecule has 25 heavy (non-hydrogen) atoms. The summed E-state index contributed by atoms with van der Waals surface area (Å²) in [5.41, 5.74) is 1.25. The van der Waals surface area contributed by atoms with Gasteiger partial charge < -0.3 is 10.2 Å². The smallest absolute Gasteiger partial charge is 0.255 e. The van der Waals surface area contributed by atoms with Gasteiger partial charge in [-0.3, -0.25) is 9.59 Å². The van der Waals surface area contributed by atoms with Crippen LogP contribution in [0.15, 0.2) is 53.7 Å². The third-order valence-corrected chi connectivity index (χ3v) is 5.60. The van der Waals surface area contributed by atoms with Gasteiger partial charge in [0.05, 0.1) is 22.8 Å². The first-order valence-electron chi connectivity index (χ1n) is 8.02. The number of carbonyl (C=O) groups excluding carboxylic acids is 2. The van der Waals surface area contributed by atoms with Crippen LogP contribution in [0.4, 0.5) is 5.69 Å². The molecule has 1 N–H and O–H groups in total. The highest BCUT2D eigenvalue weighted by Gasteiger charge is 2.35. The molecule has 1 atom stereocenters. The lowest BCUT2D eigenvalue weighted by atomic mass is 10.1. The van der Waals surface area contributed by atoms with Gasteiger partial charge in [0.15, 0.2) is 0 Å². The fourth-order valence-electron chi connectivity index (χ4n) is 2.52. The molecule has 0 radical (unpaired) electrons. The van der Waals surface area contributed by atoms with Crippen molar-refractivity contribution in [1.82, 2.24) is 9.88 Å². The van der Waals surface area contributed by atoms with E-state index in [1.807, 2.05) is 30.3 Å². The maximum absolute atomic E-state index is 12.6. The Balaban J connectivity index is 1.67. The number of hydrogen-bond donors (Lipinski definition) is 1. The molecule has 0 aliphatic carbocycles. The van der Waals surface area contributed by atoms with Crippen LogP contribution in [-0.4, -0.2) is 45.1 Å². The van der Waals surface area contributed by atoms with E-state index in [0.717, 1.165) is 10.8 Å². The second-order valence-electron chi connectivity index (χ2n) is 5.46. The van der Waals surface area contributed by atoms with Gasteiger partial charge in [0.25, 0.3) is 5.91 Å². The van der Waals surface area contributed by atoms with Crippen molar-refractivity contribution in [3.8, 4) is 0 Å². The molecule has 1 saturated heterocycles. The molecule has 0 saturated carbocycles. The molecule has 2 amide bonds. The van der Waals surface area contributed by atoms with Crippen LogP contribution >= 0.6 is 23.5 Å². The van der Waals surface area contributed by atoms with E-state index in [-0.39, 0.29) is 11.8 Å². The Bertz CT molecular complexity index is 738. The van der Waals surface area contributed by atoms with Gasteiger partial charge in [-0.25, -0.2) is 4.98 Å². The molecule has 0 spiro atoms. The number of nitrogens with zero attached hydrogens (tertiary/aromatic N) is 2. The van der Waals surface area contributed by atoms with Crippen LogP contribution in [-0.2, 0) is 4.79 Å². The van der Waals surface area contributed by atoms with E-state index >= 15 is 0 Å². The van der Waals surface area contributed by atoms with Crippen molar-refractivity contribution in [1.29, 1.82) is 0 Å². The molecule has 3 rings (SSSR count).